The summed E-state index contributed by atoms with van der Waals surface area (Å²) in [5, 5.41) is 2.78. The molecule has 2 amide bonds. The maximum atomic E-state index is 13.0. The van der Waals surface area contributed by atoms with Crippen molar-refractivity contribution in [1.29, 1.82) is 0 Å². The van der Waals surface area contributed by atoms with Crippen molar-refractivity contribution in [3.05, 3.63) is 23.8 Å². The number of nitrogen functional groups attached to an aromatic ring is 1. The molecule has 1 aliphatic heterocycles. The number of carbonyl (C=O) groups excluding carboxylic acids is 2. The molecule has 1 heterocycles. The van der Waals surface area contributed by atoms with Gasteiger partial charge in [-0.15, -0.1) is 0 Å². The van der Waals surface area contributed by atoms with E-state index in [4.69, 9.17) is 5.73 Å². The first-order valence-corrected chi connectivity index (χ1v) is 6.14. The second kappa shape index (κ2) is 5.44. The van der Waals surface area contributed by atoms with Crippen LogP contribution in [-0.4, -0.2) is 29.8 Å². The van der Waals surface area contributed by atoms with Crippen LogP contribution in [0.25, 0.3) is 0 Å². The molecule has 108 valence electrons. The summed E-state index contributed by atoms with van der Waals surface area (Å²) < 4.78 is 25.9. The Kier molecular flexibility index (Phi) is 3.87. The summed E-state index contributed by atoms with van der Waals surface area (Å²) in [6.07, 6.45) is -2.20. The van der Waals surface area contributed by atoms with E-state index in [-0.39, 0.29) is 35.7 Å². The standard InChI is InChI=1S/C13H15F2N3O2/c1-18-11(19)5-4-10(13(18)20)17-9-3-2-7(16)6-8(9)12(14)15/h2-3,6,10,12,17H,4-5,16H2,1H3. The number of anilines is 2. The van der Waals surface area contributed by atoms with Crippen molar-refractivity contribution in [2.75, 3.05) is 18.1 Å². The van der Waals surface area contributed by atoms with Crippen molar-refractivity contribution in [2.24, 2.45) is 0 Å². The normalized spacial score (nSPS) is 19.6. The Bertz CT molecular complexity index is 548. The first kappa shape index (κ1) is 14.2. The summed E-state index contributed by atoms with van der Waals surface area (Å²) in [5.74, 6) is -0.683. The minimum atomic E-state index is -2.70. The lowest BCUT2D eigenvalue weighted by atomic mass is 10.0. The van der Waals surface area contributed by atoms with Gasteiger partial charge in [-0.2, -0.15) is 0 Å². The predicted molar refractivity (Wildman–Crippen MR) is 70.2 cm³/mol. The topological polar surface area (TPSA) is 75.4 Å². The first-order chi connectivity index (χ1) is 9.40. The highest BCUT2D eigenvalue weighted by Crippen LogP contribution is 2.30. The number of likely N-dealkylation sites (N-methyl/N-ethyl adjacent to an activating group) is 1. The lowest BCUT2D eigenvalue weighted by Crippen LogP contribution is -2.48. The number of benzene rings is 1. The average Bonchev–Trinajstić information content (AvgIpc) is 2.41. The first-order valence-electron chi connectivity index (χ1n) is 6.14. The average molecular weight is 283 g/mol. The van der Waals surface area contributed by atoms with Crippen LogP contribution in [0.15, 0.2) is 18.2 Å². The minimum absolute atomic E-state index is 0.162. The number of nitrogens with zero attached hydrogens (tertiary/aromatic N) is 1. The van der Waals surface area contributed by atoms with Gasteiger partial charge in [0.15, 0.2) is 0 Å². The van der Waals surface area contributed by atoms with E-state index in [1.165, 1.54) is 25.2 Å². The Morgan fingerprint density at radius 1 is 1.40 bits per heavy atom. The largest absolute Gasteiger partial charge is 0.399 e. The van der Waals surface area contributed by atoms with Gasteiger partial charge < -0.3 is 11.1 Å². The molecule has 20 heavy (non-hydrogen) atoms. The van der Waals surface area contributed by atoms with E-state index in [0.29, 0.717) is 0 Å². The van der Waals surface area contributed by atoms with E-state index < -0.39 is 18.4 Å². The van der Waals surface area contributed by atoms with E-state index in [0.717, 1.165) is 4.90 Å². The molecule has 1 aromatic rings. The molecule has 3 N–H and O–H groups in total. The monoisotopic (exact) mass is 283 g/mol. The van der Waals surface area contributed by atoms with E-state index in [9.17, 15) is 18.4 Å². The molecule has 1 saturated heterocycles. The lowest BCUT2D eigenvalue weighted by Gasteiger charge is -2.29. The van der Waals surface area contributed by atoms with Gasteiger partial charge in [-0.1, -0.05) is 0 Å². The summed E-state index contributed by atoms with van der Waals surface area (Å²) in [5.41, 5.74) is 5.62. The van der Waals surface area contributed by atoms with E-state index in [1.54, 1.807) is 0 Å². The fraction of sp³-hybridized carbons (Fsp3) is 0.385. The third kappa shape index (κ3) is 2.71. The second-order valence-corrected chi connectivity index (χ2v) is 4.67. The third-order valence-electron chi connectivity index (χ3n) is 3.29. The smallest absolute Gasteiger partial charge is 0.265 e. The number of piperidine rings is 1. The molecule has 0 bridgehead atoms. The summed E-state index contributed by atoms with van der Waals surface area (Å²) in [6, 6.07) is 3.39. The number of hydrogen-bond donors (Lipinski definition) is 2. The van der Waals surface area contributed by atoms with Gasteiger partial charge in [-0.25, -0.2) is 8.78 Å². The zero-order valence-electron chi connectivity index (χ0n) is 10.9. The molecule has 0 saturated carbocycles. The van der Waals surface area contributed by atoms with Gasteiger partial charge in [0.05, 0.1) is 0 Å². The molecule has 1 aliphatic rings. The van der Waals surface area contributed by atoms with Crippen molar-refractivity contribution in [3.8, 4) is 0 Å². The molecule has 0 spiro atoms. The fourth-order valence-corrected chi connectivity index (χ4v) is 2.13. The molecular formula is C13H15F2N3O2. The van der Waals surface area contributed by atoms with Gasteiger partial charge in [0, 0.05) is 30.4 Å². The van der Waals surface area contributed by atoms with Crippen molar-refractivity contribution >= 4 is 23.2 Å². The predicted octanol–water partition coefficient (Wildman–Crippen LogP) is 1.77. The molecule has 1 unspecified atom stereocenters. The number of likely N-dealkylation sites (tertiary alicyclic amines) is 1. The molecule has 0 radical (unpaired) electrons. The molecule has 0 aliphatic carbocycles. The van der Waals surface area contributed by atoms with E-state index in [1.807, 2.05) is 0 Å². The number of hydrogen-bond acceptors (Lipinski definition) is 4. The zero-order valence-corrected chi connectivity index (χ0v) is 10.9. The Morgan fingerprint density at radius 3 is 2.75 bits per heavy atom. The Balaban J connectivity index is 2.22. The van der Waals surface area contributed by atoms with Gasteiger partial charge in [0.2, 0.25) is 5.91 Å². The van der Waals surface area contributed by atoms with Crippen molar-refractivity contribution in [3.63, 3.8) is 0 Å². The van der Waals surface area contributed by atoms with Crippen LogP contribution in [0.4, 0.5) is 20.2 Å². The van der Waals surface area contributed by atoms with Gasteiger partial charge in [-0.3, -0.25) is 14.5 Å². The van der Waals surface area contributed by atoms with Gasteiger partial charge >= 0.3 is 0 Å². The van der Waals surface area contributed by atoms with Crippen LogP contribution < -0.4 is 11.1 Å². The minimum Gasteiger partial charge on any atom is -0.399 e. The molecular weight excluding hydrogens is 268 g/mol. The summed E-state index contributed by atoms with van der Waals surface area (Å²) in [4.78, 5) is 24.3. The number of halogens is 2. The SMILES string of the molecule is CN1C(=O)CCC(Nc2ccc(N)cc2C(F)F)C1=O. The summed E-state index contributed by atoms with van der Waals surface area (Å²) in [7, 11) is 1.38. The maximum absolute atomic E-state index is 13.0. The van der Waals surface area contributed by atoms with Crippen LogP contribution in [0.2, 0.25) is 0 Å². The van der Waals surface area contributed by atoms with Crippen LogP contribution in [0.5, 0.6) is 0 Å². The van der Waals surface area contributed by atoms with Crippen LogP contribution in [0, 0.1) is 0 Å². The number of nitrogens with two attached hydrogens (primary N) is 1. The maximum Gasteiger partial charge on any atom is 0.265 e. The lowest BCUT2D eigenvalue weighted by molar-refractivity contribution is -0.146. The van der Waals surface area contributed by atoms with Crippen molar-refractivity contribution < 1.29 is 18.4 Å². The van der Waals surface area contributed by atoms with Crippen molar-refractivity contribution in [2.45, 2.75) is 25.3 Å². The number of amides is 2. The fourth-order valence-electron chi connectivity index (χ4n) is 2.13. The summed E-state index contributed by atoms with van der Waals surface area (Å²) >= 11 is 0. The summed E-state index contributed by atoms with van der Waals surface area (Å²) in [6.45, 7) is 0. The highest BCUT2D eigenvalue weighted by molar-refractivity contribution is 6.01. The second-order valence-electron chi connectivity index (χ2n) is 4.67. The highest BCUT2D eigenvalue weighted by atomic mass is 19.3. The third-order valence-corrected chi connectivity index (χ3v) is 3.29. The highest BCUT2D eigenvalue weighted by Gasteiger charge is 2.32. The Morgan fingerprint density at radius 2 is 2.10 bits per heavy atom. The molecule has 5 nitrogen and oxygen atoms in total. The molecule has 0 aromatic heterocycles. The number of rotatable bonds is 3. The quantitative estimate of drug-likeness (QED) is 0.655. The van der Waals surface area contributed by atoms with Gasteiger partial charge in [-0.05, 0) is 24.6 Å². The van der Waals surface area contributed by atoms with Gasteiger partial charge in [0.25, 0.3) is 12.3 Å². The van der Waals surface area contributed by atoms with E-state index in [2.05, 4.69) is 5.32 Å². The molecule has 1 atom stereocenters. The number of carbonyl (C=O) groups is 2. The Labute approximate surface area is 114 Å². The Hall–Kier alpha value is -2.18. The van der Waals surface area contributed by atoms with E-state index >= 15 is 0 Å². The molecule has 1 aromatic carbocycles. The van der Waals surface area contributed by atoms with Crippen LogP contribution in [0.3, 0.4) is 0 Å². The number of nitrogens with one attached hydrogen (secondary N) is 1. The van der Waals surface area contributed by atoms with Crippen LogP contribution >= 0.6 is 0 Å². The molecule has 2 rings (SSSR count). The molecule has 7 heteroatoms. The molecule has 1 fully saturated rings. The number of alkyl halides is 2. The van der Waals surface area contributed by atoms with Crippen LogP contribution in [0.1, 0.15) is 24.8 Å². The zero-order chi connectivity index (χ0) is 14.9. The van der Waals surface area contributed by atoms with Crippen LogP contribution in [-0.2, 0) is 9.59 Å². The van der Waals surface area contributed by atoms with Gasteiger partial charge in [0.1, 0.15) is 6.04 Å². The van der Waals surface area contributed by atoms with Crippen molar-refractivity contribution in [1.82, 2.24) is 4.90 Å². The number of imide groups is 1.